The van der Waals surface area contributed by atoms with E-state index in [0.29, 0.717) is 43.0 Å². The summed E-state index contributed by atoms with van der Waals surface area (Å²) in [6.45, 7) is 0.645. The minimum absolute atomic E-state index is 0.00967. The Morgan fingerprint density at radius 1 is 1.15 bits per heavy atom. The number of carbonyl (C=O) groups is 1. The van der Waals surface area contributed by atoms with Crippen molar-refractivity contribution in [3.63, 3.8) is 0 Å². The maximum atomic E-state index is 13.7. The molecular weight excluding hydrogens is 438 g/mol. The van der Waals surface area contributed by atoms with Crippen LogP contribution >= 0.6 is 0 Å². The molecule has 0 N–H and O–H groups in total. The number of rotatable bonds is 4. The van der Waals surface area contributed by atoms with Gasteiger partial charge < -0.3 is 4.90 Å². The second-order valence-electron chi connectivity index (χ2n) is 8.99. The first-order chi connectivity index (χ1) is 15.8. The lowest BCUT2D eigenvalue weighted by molar-refractivity contribution is -0.249. The Labute approximate surface area is 187 Å². The van der Waals surface area contributed by atoms with E-state index in [1.165, 1.54) is 17.2 Å². The molecule has 1 aliphatic carbocycles. The number of halogens is 4. The number of piperidine rings is 1. The van der Waals surface area contributed by atoms with Gasteiger partial charge in [0.15, 0.2) is 5.82 Å². The zero-order valence-corrected chi connectivity index (χ0v) is 17.9. The zero-order valence-electron chi connectivity index (χ0n) is 17.9. The van der Waals surface area contributed by atoms with E-state index in [4.69, 9.17) is 0 Å². The van der Waals surface area contributed by atoms with E-state index in [1.54, 1.807) is 28.9 Å². The lowest BCUT2D eigenvalue weighted by Gasteiger charge is -2.46. The smallest absolute Gasteiger partial charge is 0.342 e. The highest BCUT2D eigenvalue weighted by atomic mass is 19.4. The Kier molecular flexibility index (Phi) is 5.33. The molecule has 3 aromatic rings. The number of carbonyl (C=O) groups excluding carboxylic acids is 1. The molecular formula is C23H23F4N5O. The molecule has 0 radical (unpaired) electrons. The summed E-state index contributed by atoms with van der Waals surface area (Å²) in [7, 11) is 0. The average Bonchev–Trinajstić information content (AvgIpc) is 3.15. The van der Waals surface area contributed by atoms with Crippen molar-refractivity contribution in [3.05, 3.63) is 48.3 Å². The first-order valence-corrected chi connectivity index (χ1v) is 11.1. The molecule has 2 aliphatic rings. The zero-order chi connectivity index (χ0) is 23.2. The molecule has 0 aromatic carbocycles. The lowest BCUT2D eigenvalue weighted by Crippen LogP contribution is -2.57. The summed E-state index contributed by atoms with van der Waals surface area (Å²) in [4.78, 5) is 27.4. The van der Waals surface area contributed by atoms with Gasteiger partial charge in [-0.3, -0.25) is 9.20 Å². The van der Waals surface area contributed by atoms with Gasteiger partial charge in [-0.25, -0.2) is 19.3 Å². The first-order valence-electron chi connectivity index (χ1n) is 11.1. The van der Waals surface area contributed by atoms with Gasteiger partial charge in [0, 0.05) is 31.2 Å². The molecule has 2 fully saturated rings. The molecule has 6 nitrogen and oxygen atoms in total. The van der Waals surface area contributed by atoms with Crippen LogP contribution in [0.15, 0.2) is 36.8 Å². The summed E-state index contributed by atoms with van der Waals surface area (Å²) in [6.07, 6.45) is 2.16. The molecule has 10 heteroatoms. The molecule has 1 saturated heterocycles. The fourth-order valence-electron chi connectivity index (χ4n) is 4.92. The van der Waals surface area contributed by atoms with Crippen LogP contribution < -0.4 is 0 Å². The number of amides is 1. The first kappa shape index (κ1) is 21.8. The van der Waals surface area contributed by atoms with Gasteiger partial charge in [0.1, 0.15) is 22.6 Å². The number of alkyl halides is 3. The summed E-state index contributed by atoms with van der Waals surface area (Å²) < 4.78 is 56.1. The van der Waals surface area contributed by atoms with E-state index in [-0.39, 0.29) is 25.3 Å². The maximum absolute atomic E-state index is 13.7. The molecule has 0 unspecified atom stereocenters. The van der Waals surface area contributed by atoms with E-state index in [9.17, 15) is 22.4 Å². The summed E-state index contributed by atoms with van der Waals surface area (Å²) in [5.74, 6) is -0.787. The van der Waals surface area contributed by atoms with Gasteiger partial charge in [-0.15, -0.1) is 0 Å². The second-order valence-corrected chi connectivity index (χ2v) is 8.99. The van der Waals surface area contributed by atoms with Crippen molar-refractivity contribution in [2.75, 3.05) is 13.1 Å². The molecule has 0 bridgehead atoms. The fraction of sp³-hybridized carbons (Fsp3) is 0.478. The van der Waals surface area contributed by atoms with Crippen LogP contribution in [-0.2, 0) is 11.2 Å². The van der Waals surface area contributed by atoms with Crippen LogP contribution in [0.2, 0.25) is 0 Å². The molecule has 3 aromatic heterocycles. The standard InChI is InChI=1S/C23H23F4N5O/c24-16-4-5-19-29-12-18(32(19)14-16)20-28-9-6-17(30-20)11-15-3-1-10-31(13-15)21(33)22(7-2-8-22)23(25,26)27/h4-6,9,12,14-15H,1-3,7-8,10-11,13H2/t15-/m0/s1. The van der Waals surface area contributed by atoms with Crippen LogP contribution in [0.25, 0.3) is 17.2 Å². The molecule has 174 valence electrons. The van der Waals surface area contributed by atoms with E-state index < -0.39 is 23.3 Å². The number of hydrogen-bond acceptors (Lipinski definition) is 4. The van der Waals surface area contributed by atoms with Gasteiger partial charge in [-0.1, -0.05) is 6.42 Å². The minimum atomic E-state index is -4.51. The number of nitrogens with zero attached hydrogens (tertiary/aromatic N) is 5. The lowest BCUT2D eigenvalue weighted by atomic mass is 9.67. The number of fused-ring (bicyclic) bond motifs is 1. The van der Waals surface area contributed by atoms with Crippen molar-refractivity contribution in [2.24, 2.45) is 11.3 Å². The van der Waals surface area contributed by atoms with Crippen molar-refractivity contribution < 1.29 is 22.4 Å². The van der Waals surface area contributed by atoms with Crippen molar-refractivity contribution >= 4 is 11.6 Å². The third-order valence-electron chi connectivity index (χ3n) is 6.88. The van der Waals surface area contributed by atoms with E-state index in [2.05, 4.69) is 15.0 Å². The molecule has 1 saturated carbocycles. The third kappa shape index (κ3) is 3.85. The number of aromatic nitrogens is 4. The Bertz CT molecular complexity index is 1190. The van der Waals surface area contributed by atoms with Crippen LogP contribution in [0, 0.1) is 17.2 Å². The second kappa shape index (κ2) is 8.07. The Morgan fingerprint density at radius 3 is 2.70 bits per heavy atom. The van der Waals surface area contributed by atoms with Gasteiger partial charge in [0.05, 0.1) is 6.20 Å². The molecule has 1 amide bonds. The third-order valence-corrected chi connectivity index (χ3v) is 6.88. The summed E-state index contributed by atoms with van der Waals surface area (Å²) in [5.41, 5.74) is -0.366. The van der Waals surface area contributed by atoms with Crippen LogP contribution in [0.4, 0.5) is 17.6 Å². The van der Waals surface area contributed by atoms with E-state index >= 15 is 0 Å². The average molecular weight is 461 g/mol. The number of hydrogen-bond donors (Lipinski definition) is 0. The van der Waals surface area contributed by atoms with Crippen LogP contribution in [0.3, 0.4) is 0 Å². The summed E-state index contributed by atoms with van der Waals surface area (Å²) in [6, 6.07) is 4.65. The van der Waals surface area contributed by atoms with E-state index in [1.807, 2.05) is 0 Å². The molecule has 1 atom stereocenters. The van der Waals surface area contributed by atoms with Crippen molar-refractivity contribution in [1.29, 1.82) is 0 Å². The van der Waals surface area contributed by atoms with Gasteiger partial charge in [0.25, 0.3) is 0 Å². The van der Waals surface area contributed by atoms with Crippen molar-refractivity contribution in [1.82, 2.24) is 24.3 Å². The Hall–Kier alpha value is -3.04. The van der Waals surface area contributed by atoms with Crippen LogP contribution in [0.5, 0.6) is 0 Å². The number of imidazole rings is 1. The molecule has 1 aliphatic heterocycles. The number of likely N-dealkylation sites (tertiary alicyclic amines) is 1. The maximum Gasteiger partial charge on any atom is 0.403 e. The molecule has 33 heavy (non-hydrogen) atoms. The van der Waals surface area contributed by atoms with Crippen molar-refractivity contribution in [2.45, 2.75) is 44.7 Å². The Morgan fingerprint density at radius 2 is 1.97 bits per heavy atom. The summed E-state index contributed by atoms with van der Waals surface area (Å²) in [5, 5.41) is 0. The van der Waals surface area contributed by atoms with Gasteiger partial charge in [-0.05, 0) is 56.2 Å². The molecule has 5 rings (SSSR count). The monoisotopic (exact) mass is 461 g/mol. The predicted molar refractivity (Wildman–Crippen MR) is 112 cm³/mol. The van der Waals surface area contributed by atoms with Gasteiger partial charge in [0.2, 0.25) is 5.91 Å². The SMILES string of the molecule is O=C(N1CCC[C@@H](Cc2ccnc(-c3cnc4ccc(F)cn34)n2)C1)C1(C(F)(F)F)CCC1. The minimum Gasteiger partial charge on any atom is -0.342 e. The molecule has 0 spiro atoms. The topological polar surface area (TPSA) is 63.4 Å². The highest BCUT2D eigenvalue weighted by Gasteiger charge is 2.64. The highest BCUT2D eigenvalue weighted by molar-refractivity contribution is 5.84. The van der Waals surface area contributed by atoms with Crippen LogP contribution in [-0.4, -0.2) is 49.4 Å². The largest absolute Gasteiger partial charge is 0.403 e. The van der Waals surface area contributed by atoms with Gasteiger partial charge >= 0.3 is 6.18 Å². The van der Waals surface area contributed by atoms with Crippen molar-refractivity contribution in [3.8, 4) is 11.5 Å². The highest BCUT2D eigenvalue weighted by Crippen LogP contribution is 2.54. The molecule has 4 heterocycles. The predicted octanol–water partition coefficient (Wildman–Crippen LogP) is 4.44. The number of pyridine rings is 1. The Balaban J connectivity index is 1.33. The quantitative estimate of drug-likeness (QED) is 0.539. The summed E-state index contributed by atoms with van der Waals surface area (Å²) >= 11 is 0. The van der Waals surface area contributed by atoms with E-state index in [0.717, 1.165) is 12.1 Å². The fourth-order valence-corrected chi connectivity index (χ4v) is 4.92. The van der Waals surface area contributed by atoms with Gasteiger partial charge in [-0.2, -0.15) is 13.2 Å². The normalized spacial score (nSPS) is 20.6. The van der Waals surface area contributed by atoms with Crippen LogP contribution in [0.1, 0.15) is 37.8 Å².